The summed E-state index contributed by atoms with van der Waals surface area (Å²) in [5.74, 6) is 1.66. The number of nitrogen functional groups attached to an aromatic ring is 1. The van der Waals surface area contributed by atoms with Crippen molar-refractivity contribution in [1.29, 1.82) is 0 Å². The number of likely N-dealkylation sites (tertiary alicyclic amines) is 1. The van der Waals surface area contributed by atoms with Gasteiger partial charge < -0.3 is 10.6 Å². The molecule has 1 aliphatic rings. The summed E-state index contributed by atoms with van der Waals surface area (Å²) in [6.07, 6.45) is 4.03. The molecule has 3 aromatic rings. The number of hydrogen-bond acceptors (Lipinski definition) is 5. The molecule has 4 rings (SSSR count). The smallest absolute Gasteiger partial charge is 0.224 e. The Morgan fingerprint density at radius 1 is 1.31 bits per heavy atom. The van der Waals surface area contributed by atoms with Crippen molar-refractivity contribution < 1.29 is 0 Å². The highest BCUT2D eigenvalue weighted by Gasteiger charge is 2.31. The molecule has 134 valence electrons. The first kappa shape index (κ1) is 16.7. The molecular formula is C20H24N6. The molecule has 2 aromatic heterocycles. The number of piperidine rings is 1. The summed E-state index contributed by atoms with van der Waals surface area (Å²) in [7, 11) is 2.09. The molecule has 6 heteroatoms. The predicted octanol–water partition coefficient (Wildman–Crippen LogP) is 2.49. The highest BCUT2D eigenvalue weighted by molar-refractivity contribution is 5.86. The minimum Gasteiger partial charge on any atom is -0.368 e. The topological polar surface area (TPSA) is 74.1 Å². The van der Waals surface area contributed by atoms with E-state index in [9.17, 15) is 0 Å². The molecule has 0 aliphatic carbocycles. The number of hydrogen-bond donors (Lipinski definition) is 2. The van der Waals surface area contributed by atoms with Gasteiger partial charge >= 0.3 is 0 Å². The molecule has 1 aliphatic heterocycles. The van der Waals surface area contributed by atoms with Gasteiger partial charge in [0.15, 0.2) is 11.5 Å². The standard InChI is InChI=1S/C20H24N6/c1-14-9-11-26(12-15-6-4-3-5-7-15)13-17(14)25(2)19-16-8-10-22-18(16)23-20(21)24-19/h3-7,14,17H,9,11-13H2,1-2H3,(H3,21,22,23,24)/t14-,17+/m1/s1. The van der Waals surface area contributed by atoms with Gasteiger partial charge in [-0.25, -0.2) is 0 Å². The van der Waals surface area contributed by atoms with Crippen LogP contribution in [0.1, 0.15) is 18.9 Å². The molecular weight excluding hydrogens is 324 g/mol. The van der Waals surface area contributed by atoms with Gasteiger partial charge in [0.25, 0.3) is 0 Å². The van der Waals surface area contributed by atoms with Gasteiger partial charge in [-0.3, -0.25) is 9.88 Å². The largest absolute Gasteiger partial charge is 0.368 e. The fourth-order valence-corrected chi connectivity index (χ4v) is 3.84. The molecule has 0 radical (unpaired) electrons. The molecule has 0 amide bonds. The second-order valence-corrected chi connectivity index (χ2v) is 7.17. The van der Waals surface area contributed by atoms with E-state index in [1.807, 2.05) is 0 Å². The van der Waals surface area contributed by atoms with Crippen molar-refractivity contribution in [2.24, 2.45) is 5.92 Å². The highest BCUT2D eigenvalue weighted by atomic mass is 15.3. The Balaban J connectivity index is 1.57. The van der Waals surface area contributed by atoms with E-state index in [0.717, 1.165) is 37.3 Å². The number of aromatic amines is 1. The van der Waals surface area contributed by atoms with Crippen LogP contribution in [0.5, 0.6) is 0 Å². The number of H-pyrrole nitrogens is 1. The summed E-state index contributed by atoms with van der Waals surface area (Å²) in [5.41, 5.74) is 7.94. The van der Waals surface area contributed by atoms with Crippen LogP contribution in [0.25, 0.3) is 11.0 Å². The summed E-state index contributed by atoms with van der Waals surface area (Å²) in [6, 6.07) is 14.1. The number of nitrogens with zero attached hydrogens (tertiary/aromatic N) is 4. The molecule has 26 heavy (non-hydrogen) atoms. The van der Waals surface area contributed by atoms with Crippen molar-refractivity contribution in [1.82, 2.24) is 19.9 Å². The maximum absolute atomic E-state index is 5.91. The lowest BCUT2D eigenvalue weighted by Gasteiger charge is -2.42. The van der Waals surface area contributed by atoms with E-state index < -0.39 is 0 Å². The van der Waals surface area contributed by atoms with Crippen LogP contribution in [0.15, 0.2) is 30.3 Å². The molecule has 3 heterocycles. The summed E-state index contributed by atoms with van der Waals surface area (Å²) in [5, 5.41) is 0.842. The summed E-state index contributed by atoms with van der Waals surface area (Å²) < 4.78 is 0. The molecule has 0 bridgehead atoms. The Labute approximate surface area is 154 Å². The highest BCUT2D eigenvalue weighted by Crippen LogP contribution is 2.29. The Kier molecular flexibility index (Phi) is 4.39. The summed E-state index contributed by atoms with van der Waals surface area (Å²) >= 11 is 0. The lowest BCUT2D eigenvalue weighted by Crippen LogP contribution is -2.51. The van der Waals surface area contributed by atoms with Crippen molar-refractivity contribution in [3.63, 3.8) is 0 Å². The lowest BCUT2D eigenvalue weighted by atomic mass is 9.92. The number of anilines is 2. The molecule has 0 unspecified atom stereocenters. The minimum absolute atomic E-state index is 0.271. The van der Waals surface area contributed by atoms with E-state index >= 15 is 0 Å². The van der Waals surface area contributed by atoms with Gasteiger partial charge in [0.1, 0.15) is 5.39 Å². The van der Waals surface area contributed by atoms with Crippen LogP contribution >= 0.6 is 0 Å². The van der Waals surface area contributed by atoms with E-state index in [1.165, 1.54) is 5.56 Å². The third-order valence-corrected chi connectivity index (χ3v) is 5.36. The van der Waals surface area contributed by atoms with E-state index in [-0.39, 0.29) is 5.95 Å². The second-order valence-electron chi connectivity index (χ2n) is 7.17. The van der Waals surface area contributed by atoms with Crippen molar-refractivity contribution in [2.45, 2.75) is 25.9 Å². The Bertz CT molecular complexity index is 874. The average molecular weight is 348 g/mol. The number of benzene rings is 1. The Hall–Kier alpha value is -2.78. The summed E-state index contributed by atoms with van der Waals surface area (Å²) in [4.78, 5) is 16.4. The average Bonchev–Trinajstić information content (AvgIpc) is 3.11. The van der Waals surface area contributed by atoms with Crippen LogP contribution in [-0.4, -0.2) is 46.0 Å². The first-order chi connectivity index (χ1) is 12.6. The van der Waals surface area contributed by atoms with E-state index in [1.54, 1.807) is 0 Å². The molecule has 6 nitrogen and oxygen atoms in total. The number of nitrogens with one attached hydrogen (secondary N) is 1. The van der Waals surface area contributed by atoms with Crippen LogP contribution in [0.3, 0.4) is 0 Å². The third-order valence-electron chi connectivity index (χ3n) is 5.36. The Morgan fingerprint density at radius 2 is 2.12 bits per heavy atom. The van der Waals surface area contributed by atoms with E-state index in [2.05, 4.69) is 81.3 Å². The zero-order valence-corrected chi connectivity index (χ0v) is 15.2. The van der Waals surface area contributed by atoms with Crippen molar-refractivity contribution in [3.8, 4) is 0 Å². The van der Waals surface area contributed by atoms with Gasteiger partial charge in [0.05, 0.1) is 0 Å². The SMILES string of the molecule is C[C@@H]1CCN(Cc2ccccc2)C[C@@H]1N(C)c1nc(N)nc2[nH]c#cc12. The zero-order chi connectivity index (χ0) is 18.1. The predicted molar refractivity (Wildman–Crippen MR) is 104 cm³/mol. The maximum atomic E-state index is 5.91. The summed E-state index contributed by atoms with van der Waals surface area (Å²) in [6.45, 7) is 5.40. The first-order valence-corrected chi connectivity index (χ1v) is 9.05. The number of rotatable bonds is 4. The lowest BCUT2D eigenvalue weighted by molar-refractivity contribution is 0.159. The van der Waals surface area contributed by atoms with Crippen LogP contribution in [-0.2, 0) is 6.54 Å². The van der Waals surface area contributed by atoms with Gasteiger partial charge in [-0.1, -0.05) is 37.3 Å². The molecule has 3 N–H and O–H groups in total. The van der Waals surface area contributed by atoms with Crippen molar-refractivity contribution in [2.75, 3.05) is 30.8 Å². The number of aromatic nitrogens is 3. The van der Waals surface area contributed by atoms with Crippen molar-refractivity contribution in [3.05, 3.63) is 48.2 Å². The van der Waals surface area contributed by atoms with Gasteiger partial charge in [-0.05, 0) is 30.5 Å². The van der Waals surface area contributed by atoms with Gasteiger partial charge in [0, 0.05) is 32.4 Å². The molecule has 2 atom stereocenters. The van der Waals surface area contributed by atoms with Gasteiger partial charge in [-0.2, -0.15) is 9.97 Å². The normalized spacial score (nSPS) is 20.8. The third kappa shape index (κ3) is 3.18. The molecule has 1 aromatic carbocycles. The van der Waals surface area contributed by atoms with Crippen LogP contribution in [0.4, 0.5) is 11.8 Å². The van der Waals surface area contributed by atoms with Crippen molar-refractivity contribution >= 4 is 22.8 Å². The monoisotopic (exact) mass is 348 g/mol. The first-order valence-electron chi connectivity index (χ1n) is 9.05. The number of nitrogens with two attached hydrogens (primary N) is 1. The molecule has 0 spiro atoms. The van der Waals surface area contributed by atoms with E-state index in [0.29, 0.717) is 17.6 Å². The number of fused-ring (bicyclic) bond motifs is 1. The van der Waals surface area contributed by atoms with E-state index in [4.69, 9.17) is 5.73 Å². The van der Waals surface area contributed by atoms with Crippen LogP contribution in [0.2, 0.25) is 0 Å². The fraction of sp³-hybridized carbons (Fsp3) is 0.400. The van der Waals surface area contributed by atoms with Gasteiger partial charge in [-0.15, -0.1) is 0 Å². The quantitative estimate of drug-likeness (QED) is 0.758. The van der Waals surface area contributed by atoms with Crippen LogP contribution < -0.4 is 10.6 Å². The molecule has 1 saturated heterocycles. The second kappa shape index (κ2) is 6.85. The molecule has 0 saturated carbocycles. The van der Waals surface area contributed by atoms with Gasteiger partial charge in [0.2, 0.25) is 5.95 Å². The zero-order valence-electron chi connectivity index (χ0n) is 15.2. The molecule has 1 fully saturated rings. The number of likely N-dealkylation sites (N-methyl/N-ethyl adjacent to an activating group) is 1. The fourth-order valence-electron chi connectivity index (χ4n) is 3.84. The minimum atomic E-state index is 0.271. The maximum Gasteiger partial charge on any atom is 0.224 e. The Morgan fingerprint density at radius 3 is 2.92 bits per heavy atom. The van der Waals surface area contributed by atoms with Crippen LogP contribution in [0, 0.1) is 18.2 Å².